The summed E-state index contributed by atoms with van der Waals surface area (Å²) in [6, 6.07) is 5.31. The second-order valence-corrected chi connectivity index (χ2v) is 1.48. The summed E-state index contributed by atoms with van der Waals surface area (Å²) in [4.78, 5) is 7.57. The fourth-order valence-electron chi connectivity index (χ4n) is 0.500. The molecule has 1 radical (unpaired) electrons. The van der Waals surface area contributed by atoms with Crippen LogP contribution in [0.4, 0.5) is 0 Å². The number of nitrogens with zero attached hydrogens (tertiary/aromatic N) is 1. The minimum atomic E-state index is 0.597. The quantitative estimate of drug-likeness (QED) is 0.336. The predicted octanol–water partition coefficient (Wildman–Crippen LogP) is -0.184. The first kappa shape index (κ1) is 6.26. The van der Waals surface area contributed by atoms with Crippen molar-refractivity contribution in [3.8, 4) is 0 Å². The van der Waals surface area contributed by atoms with E-state index in [-0.39, 0.29) is 0 Å². The Bertz CT molecular complexity index is 168. The Hall–Kier alpha value is -0.865. The van der Waals surface area contributed by atoms with Gasteiger partial charge in [-0.05, 0) is 12.1 Å². The highest BCUT2D eigenvalue weighted by Crippen LogP contribution is 1.74. The molecule has 0 aliphatic carbocycles. The molecule has 0 amide bonds. The molecule has 3 nitrogen and oxygen atoms in total. The van der Waals surface area contributed by atoms with Gasteiger partial charge in [0.2, 0.25) is 0 Å². The van der Waals surface area contributed by atoms with Crippen LogP contribution in [0.15, 0.2) is 24.4 Å². The number of hydrogen-bond acceptors (Lipinski definition) is 3. The lowest BCUT2D eigenvalue weighted by Gasteiger charge is -1.90. The highest BCUT2D eigenvalue weighted by Gasteiger charge is 1.93. The van der Waals surface area contributed by atoms with E-state index in [0.29, 0.717) is 5.59 Å². The first-order chi connectivity index (χ1) is 4.43. The second kappa shape index (κ2) is 3.22. The Labute approximate surface area is 53.5 Å². The van der Waals surface area contributed by atoms with Crippen molar-refractivity contribution < 1.29 is 10.1 Å². The molecule has 0 saturated carbocycles. The topological polar surface area (TPSA) is 42.4 Å². The summed E-state index contributed by atoms with van der Waals surface area (Å²) in [5.41, 5.74) is 0.597. The van der Waals surface area contributed by atoms with E-state index >= 15 is 0 Å². The highest BCUT2D eigenvalue weighted by molar-refractivity contribution is 6.45. The molecule has 0 aliphatic heterocycles. The maximum absolute atomic E-state index is 7.92. The van der Waals surface area contributed by atoms with Crippen LogP contribution in [0.3, 0.4) is 0 Å². The van der Waals surface area contributed by atoms with Crippen molar-refractivity contribution in [1.29, 1.82) is 0 Å². The van der Waals surface area contributed by atoms with Gasteiger partial charge in [-0.3, -0.25) is 10.2 Å². The Morgan fingerprint density at radius 3 is 3.00 bits per heavy atom. The number of rotatable bonds is 2. The van der Waals surface area contributed by atoms with E-state index in [1.807, 2.05) is 0 Å². The van der Waals surface area contributed by atoms with Crippen LogP contribution >= 0.6 is 0 Å². The lowest BCUT2D eigenvalue weighted by atomic mass is 9.96. The molecule has 1 N–H and O–H groups in total. The lowest BCUT2D eigenvalue weighted by Crippen LogP contribution is -2.18. The highest BCUT2D eigenvalue weighted by atomic mass is 17.1. The summed E-state index contributed by atoms with van der Waals surface area (Å²) in [6.45, 7) is 0. The summed E-state index contributed by atoms with van der Waals surface area (Å²) in [6.07, 6.45) is 1.62. The standard InChI is InChI=1S/C5H5BNO2/c8-9-6-5-3-1-2-4-7-5/h1-4,8H. The van der Waals surface area contributed by atoms with Crippen molar-refractivity contribution in [3.63, 3.8) is 0 Å². The molecule has 4 heteroatoms. The van der Waals surface area contributed by atoms with Crippen molar-refractivity contribution in [3.05, 3.63) is 24.4 Å². The van der Waals surface area contributed by atoms with Gasteiger partial charge in [-0.1, -0.05) is 6.07 Å². The molecule has 9 heavy (non-hydrogen) atoms. The van der Waals surface area contributed by atoms with E-state index < -0.39 is 0 Å². The second-order valence-electron chi connectivity index (χ2n) is 1.48. The zero-order valence-electron chi connectivity index (χ0n) is 4.69. The Kier molecular flexibility index (Phi) is 2.24. The van der Waals surface area contributed by atoms with E-state index in [1.54, 1.807) is 24.4 Å². The third kappa shape index (κ3) is 1.83. The third-order valence-corrected chi connectivity index (χ3v) is 0.861. The summed E-state index contributed by atoms with van der Waals surface area (Å²) in [5.74, 6) is 0. The summed E-state index contributed by atoms with van der Waals surface area (Å²) in [7, 11) is 1.15. The van der Waals surface area contributed by atoms with E-state index in [9.17, 15) is 0 Å². The van der Waals surface area contributed by atoms with Crippen LogP contribution < -0.4 is 5.59 Å². The largest absolute Gasteiger partial charge is 0.401 e. The van der Waals surface area contributed by atoms with Gasteiger partial charge in [0.25, 0.3) is 0 Å². The molecule has 1 heterocycles. The molecular formula is C5H5BNO2. The molecular weight excluding hydrogens is 117 g/mol. The van der Waals surface area contributed by atoms with Gasteiger partial charge in [0.1, 0.15) is 0 Å². The fraction of sp³-hybridized carbons (Fsp3) is 0. The first-order valence-corrected chi connectivity index (χ1v) is 2.48. The average molecular weight is 122 g/mol. The van der Waals surface area contributed by atoms with E-state index in [0.717, 1.165) is 7.48 Å². The third-order valence-electron chi connectivity index (χ3n) is 0.861. The van der Waals surface area contributed by atoms with Gasteiger partial charge < -0.3 is 4.81 Å². The molecule has 0 bridgehead atoms. The zero-order valence-corrected chi connectivity index (χ0v) is 4.69. The Balaban J connectivity index is 2.61. The van der Waals surface area contributed by atoms with Gasteiger partial charge in [-0.15, -0.1) is 0 Å². The van der Waals surface area contributed by atoms with E-state index in [2.05, 4.69) is 9.79 Å². The number of aromatic nitrogens is 1. The SMILES string of the molecule is OO[B]c1ccccn1. The molecule has 0 atom stereocenters. The Morgan fingerprint density at radius 1 is 1.56 bits per heavy atom. The average Bonchev–Trinajstić information content (AvgIpc) is 1.91. The van der Waals surface area contributed by atoms with Crippen molar-refractivity contribution in [1.82, 2.24) is 4.98 Å². The fourth-order valence-corrected chi connectivity index (χ4v) is 0.500. The van der Waals surface area contributed by atoms with Crippen LogP contribution in [0.5, 0.6) is 0 Å². The van der Waals surface area contributed by atoms with E-state index in [1.165, 1.54) is 0 Å². The smallest absolute Gasteiger partial charge is 0.305 e. The summed E-state index contributed by atoms with van der Waals surface area (Å²) < 4.78 is 0. The normalized spacial score (nSPS) is 9.00. The zero-order chi connectivity index (χ0) is 6.53. The van der Waals surface area contributed by atoms with Crippen LogP contribution in [0, 0.1) is 0 Å². The molecule has 0 aliphatic rings. The van der Waals surface area contributed by atoms with Gasteiger partial charge in [-0.2, -0.15) is 0 Å². The van der Waals surface area contributed by atoms with Crippen molar-refractivity contribution >= 4 is 13.1 Å². The Morgan fingerprint density at radius 2 is 2.44 bits per heavy atom. The van der Waals surface area contributed by atoms with Crippen LogP contribution in [0.25, 0.3) is 0 Å². The molecule has 0 fully saturated rings. The van der Waals surface area contributed by atoms with Gasteiger partial charge in [0.15, 0.2) is 0 Å². The number of hydrogen-bond donors (Lipinski definition) is 1. The van der Waals surface area contributed by atoms with Gasteiger partial charge in [0.05, 0.1) is 0 Å². The number of pyridine rings is 1. The van der Waals surface area contributed by atoms with Crippen LogP contribution in [-0.2, 0) is 4.81 Å². The molecule has 1 rings (SSSR count). The molecule has 0 unspecified atom stereocenters. The molecule has 0 aromatic carbocycles. The molecule has 1 aromatic rings. The van der Waals surface area contributed by atoms with Crippen molar-refractivity contribution in [2.24, 2.45) is 0 Å². The van der Waals surface area contributed by atoms with Gasteiger partial charge in [0, 0.05) is 11.8 Å². The minimum absolute atomic E-state index is 0.597. The summed E-state index contributed by atoms with van der Waals surface area (Å²) >= 11 is 0. The van der Waals surface area contributed by atoms with Crippen LogP contribution in [-0.4, -0.2) is 17.7 Å². The molecule has 0 saturated heterocycles. The van der Waals surface area contributed by atoms with Gasteiger partial charge >= 0.3 is 7.48 Å². The monoisotopic (exact) mass is 122 g/mol. The molecule has 1 aromatic heterocycles. The predicted molar refractivity (Wildman–Crippen MR) is 33.3 cm³/mol. The maximum atomic E-state index is 7.92. The van der Waals surface area contributed by atoms with Crippen LogP contribution in [0.2, 0.25) is 0 Å². The molecule has 45 valence electrons. The van der Waals surface area contributed by atoms with Crippen molar-refractivity contribution in [2.45, 2.75) is 0 Å². The summed E-state index contributed by atoms with van der Waals surface area (Å²) in [5, 5.41) is 7.92. The van der Waals surface area contributed by atoms with Crippen molar-refractivity contribution in [2.75, 3.05) is 0 Å². The minimum Gasteiger partial charge on any atom is -0.305 e. The van der Waals surface area contributed by atoms with Gasteiger partial charge in [-0.25, -0.2) is 0 Å². The first-order valence-electron chi connectivity index (χ1n) is 2.48. The molecule has 0 spiro atoms. The maximum Gasteiger partial charge on any atom is 0.401 e. The van der Waals surface area contributed by atoms with Crippen LogP contribution in [0.1, 0.15) is 0 Å². The van der Waals surface area contributed by atoms with E-state index in [4.69, 9.17) is 5.26 Å². The lowest BCUT2D eigenvalue weighted by molar-refractivity contribution is -0.135.